The maximum Gasteiger partial charge on any atom is 0.113 e. The van der Waals surface area contributed by atoms with E-state index in [9.17, 15) is 5.11 Å². The summed E-state index contributed by atoms with van der Waals surface area (Å²) in [5.41, 5.74) is 3.69. The molecule has 3 fully saturated rings. The lowest BCUT2D eigenvalue weighted by atomic mass is 9.77. The molecule has 3 aromatic rings. The molecule has 1 saturated heterocycles. The van der Waals surface area contributed by atoms with E-state index in [4.69, 9.17) is 15.7 Å². The van der Waals surface area contributed by atoms with Crippen LogP contribution < -0.4 is 10.9 Å². The molecule has 2 heterocycles. The quantitative estimate of drug-likeness (QED) is 0.552. The fourth-order valence-corrected chi connectivity index (χ4v) is 7.58. The molecule has 36 heavy (non-hydrogen) atoms. The molecular formula is C30H39B2N3O. The summed E-state index contributed by atoms with van der Waals surface area (Å²) in [6.45, 7) is 5.67. The molecule has 1 N–H and O–H groups in total. The maximum absolute atomic E-state index is 11.1. The van der Waals surface area contributed by atoms with E-state index < -0.39 is 6.10 Å². The summed E-state index contributed by atoms with van der Waals surface area (Å²) >= 11 is 0. The first-order valence-electron chi connectivity index (χ1n) is 14.3. The van der Waals surface area contributed by atoms with Crippen LogP contribution in [-0.2, 0) is 6.54 Å². The van der Waals surface area contributed by atoms with Crippen LogP contribution in [0.15, 0.2) is 36.4 Å². The van der Waals surface area contributed by atoms with E-state index in [-0.39, 0.29) is 0 Å². The van der Waals surface area contributed by atoms with Crippen molar-refractivity contribution in [3.8, 4) is 0 Å². The third kappa shape index (κ3) is 5.01. The zero-order valence-electron chi connectivity index (χ0n) is 21.6. The molecule has 6 heteroatoms. The number of hydrogen-bond acceptors (Lipinski definition) is 3. The molecule has 2 saturated carbocycles. The van der Waals surface area contributed by atoms with Crippen molar-refractivity contribution in [2.75, 3.05) is 32.7 Å². The summed E-state index contributed by atoms with van der Waals surface area (Å²) in [4.78, 5) is 5.20. The fraction of sp³-hybridized carbons (Fsp3) is 0.600. The number of aromatic nitrogens is 1. The van der Waals surface area contributed by atoms with Crippen LogP contribution in [0.2, 0.25) is 0 Å². The number of nitrogens with zero attached hydrogens (tertiary/aromatic N) is 3. The van der Waals surface area contributed by atoms with Gasteiger partial charge in [-0.3, -0.25) is 9.80 Å². The van der Waals surface area contributed by atoms with Crippen molar-refractivity contribution in [3.05, 3.63) is 36.4 Å². The van der Waals surface area contributed by atoms with Gasteiger partial charge in [0, 0.05) is 60.6 Å². The van der Waals surface area contributed by atoms with Crippen molar-refractivity contribution >= 4 is 48.4 Å². The summed E-state index contributed by atoms with van der Waals surface area (Å²) in [6, 6.07) is 12.8. The van der Waals surface area contributed by atoms with E-state index in [1.54, 1.807) is 0 Å². The zero-order valence-corrected chi connectivity index (χ0v) is 21.6. The van der Waals surface area contributed by atoms with Crippen molar-refractivity contribution in [1.29, 1.82) is 0 Å². The molecular weight excluding hydrogens is 440 g/mol. The van der Waals surface area contributed by atoms with Crippen LogP contribution in [0.4, 0.5) is 0 Å². The third-order valence-corrected chi connectivity index (χ3v) is 9.51. The van der Waals surface area contributed by atoms with Crippen LogP contribution in [0.5, 0.6) is 0 Å². The van der Waals surface area contributed by atoms with Crippen LogP contribution in [-0.4, -0.2) is 80.0 Å². The van der Waals surface area contributed by atoms with E-state index in [1.807, 2.05) is 24.3 Å². The van der Waals surface area contributed by atoms with Crippen molar-refractivity contribution < 1.29 is 5.11 Å². The second kappa shape index (κ2) is 10.6. The summed E-state index contributed by atoms with van der Waals surface area (Å²) in [5, 5.41) is 13.3. The van der Waals surface area contributed by atoms with E-state index in [0.29, 0.717) is 13.1 Å². The molecule has 1 unspecified atom stereocenters. The van der Waals surface area contributed by atoms with E-state index in [2.05, 4.69) is 26.5 Å². The van der Waals surface area contributed by atoms with Gasteiger partial charge in [0.05, 0.1) is 12.6 Å². The van der Waals surface area contributed by atoms with E-state index in [0.717, 1.165) is 76.8 Å². The second-order valence-electron chi connectivity index (χ2n) is 11.8. The summed E-state index contributed by atoms with van der Waals surface area (Å²) < 4.78 is 2.23. The normalized spacial score (nSPS) is 25.7. The number of benzene rings is 2. The third-order valence-electron chi connectivity index (χ3n) is 9.51. The molecule has 3 aliphatic rings. The predicted molar refractivity (Wildman–Crippen MR) is 152 cm³/mol. The highest BCUT2D eigenvalue weighted by Crippen LogP contribution is 2.40. The summed E-state index contributed by atoms with van der Waals surface area (Å²) in [5.74, 6) is 2.04. The van der Waals surface area contributed by atoms with Gasteiger partial charge in [-0.2, -0.15) is 0 Å². The molecule has 186 valence electrons. The lowest BCUT2D eigenvalue weighted by molar-refractivity contribution is 0.0364. The van der Waals surface area contributed by atoms with Crippen LogP contribution in [0.1, 0.15) is 51.4 Å². The minimum absolute atomic E-state index is 0.424. The minimum Gasteiger partial charge on any atom is -0.390 e. The number of rotatable bonds is 6. The van der Waals surface area contributed by atoms with Gasteiger partial charge < -0.3 is 9.67 Å². The lowest BCUT2D eigenvalue weighted by Gasteiger charge is -2.43. The summed E-state index contributed by atoms with van der Waals surface area (Å²) in [6.07, 6.45) is 11.2. The highest BCUT2D eigenvalue weighted by Gasteiger charge is 2.32. The van der Waals surface area contributed by atoms with Gasteiger partial charge in [0.2, 0.25) is 0 Å². The Morgan fingerprint density at radius 2 is 1.28 bits per heavy atom. The lowest BCUT2D eigenvalue weighted by Crippen LogP contribution is -2.52. The molecule has 2 aliphatic carbocycles. The molecule has 1 atom stereocenters. The van der Waals surface area contributed by atoms with Gasteiger partial charge in [0.1, 0.15) is 15.7 Å². The number of hydrogen-bond donors (Lipinski definition) is 1. The standard InChI is InChI=1S/C30H39B2N3O/c31-23-7-11-29-27(17-23)28-18-24(32)8-12-30(28)35(29)20-26(36)19-33-13-15-34(16-14-33)25-9-5-22(6-10-25)21-3-1-2-4-21/h7-8,11-12,17-18,21-22,25-26,36H,1-6,9-10,13-16,19-20H2. The molecule has 1 aromatic heterocycles. The molecule has 4 nitrogen and oxygen atoms in total. The van der Waals surface area contributed by atoms with E-state index >= 15 is 0 Å². The Balaban J connectivity index is 1.05. The number of β-amino-alcohol motifs (C(OH)–C–C–N with tert-alkyl or cyclic N) is 1. The van der Waals surface area contributed by atoms with Crippen LogP contribution in [0.3, 0.4) is 0 Å². The Morgan fingerprint density at radius 3 is 1.86 bits per heavy atom. The Morgan fingerprint density at radius 1 is 0.722 bits per heavy atom. The molecule has 1 aliphatic heterocycles. The van der Waals surface area contributed by atoms with Gasteiger partial charge in [-0.25, -0.2) is 0 Å². The van der Waals surface area contributed by atoms with Crippen molar-refractivity contribution in [3.63, 3.8) is 0 Å². The Bertz CT molecular complexity index is 1130. The van der Waals surface area contributed by atoms with Crippen LogP contribution in [0, 0.1) is 11.8 Å². The highest BCUT2D eigenvalue weighted by molar-refractivity contribution is 6.35. The second-order valence-corrected chi connectivity index (χ2v) is 11.8. The largest absolute Gasteiger partial charge is 0.390 e. The molecule has 0 bridgehead atoms. The smallest absolute Gasteiger partial charge is 0.113 e. The minimum atomic E-state index is -0.424. The average Bonchev–Trinajstić information content (AvgIpc) is 3.52. The number of fused-ring (bicyclic) bond motifs is 3. The van der Waals surface area contributed by atoms with Gasteiger partial charge in [-0.05, 0) is 49.7 Å². The van der Waals surface area contributed by atoms with Gasteiger partial charge in [0.15, 0.2) is 0 Å². The zero-order chi connectivity index (χ0) is 24.6. The molecule has 4 radical (unpaired) electrons. The van der Waals surface area contributed by atoms with Gasteiger partial charge >= 0.3 is 0 Å². The maximum atomic E-state index is 11.1. The SMILES string of the molecule is [B]c1ccc2c(c1)c1cc([B])ccc1n2CC(O)CN1CCN(C2CCC(C3CCCC3)CC2)CC1. The number of piperazine rings is 1. The Labute approximate surface area is 218 Å². The monoisotopic (exact) mass is 479 g/mol. The molecule has 0 amide bonds. The topological polar surface area (TPSA) is 31.6 Å². The van der Waals surface area contributed by atoms with Gasteiger partial charge in [-0.1, -0.05) is 60.9 Å². The van der Waals surface area contributed by atoms with Crippen LogP contribution in [0.25, 0.3) is 21.8 Å². The fourth-order valence-electron chi connectivity index (χ4n) is 7.58. The van der Waals surface area contributed by atoms with Crippen LogP contribution >= 0.6 is 0 Å². The average molecular weight is 479 g/mol. The predicted octanol–water partition coefficient (Wildman–Crippen LogP) is 3.11. The first kappa shape index (κ1) is 24.6. The number of aliphatic hydroxyl groups is 1. The molecule has 0 spiro atoms. The van der Waals surface area contributed by atoms with Crippen molar-refractivity contribution in [1.82, 2.24) is 14.4 Å². The molecule has 6 rings (SSSR count). The Hall–Kier alpha value is -1.75. The first-order valence-corrected chi connectivity index (χ1v) is 14.3. The van der Waals surface area contributed by atoms with Crippen molar-refractivity contribution in [2.45, 2.75) is 70.1 Å². The van der Waals surface area contributed by atoms with E-state index in [1.165, 1.54) is 51.4 Å². The number of aliphatic hydroxyl groups excluding tert-OH is 1. The Kier molecular flexibility index (Phi) is 7.20. The summed E-state index contributed by atoms with van der Waals surface area (Å²) in [7, 11) is 12.2. The highest BCUT2D eigenvalue weighted by atomic mass is 16.3. The first-order chi connectivity index (χ1) is 17.5. The van der Waals surface area contributed by atoms with Gasteiger partial charge in [-0.15, -0.1) is 0 Å². The van der Waals surface area contributed by atoms with Crippen molar-refractivity contribution in [2.24, 2.45) is 11.8 Å². The van der Waals surface area contributed by atoms with Gasteiger partial charge in [0.25, 0.3) is 0 Å². The molecule has 2 aromatic carbocycles.